The summed E-state index contributed by atoms with van der Waals surface area (Å²) in [7, 11) is 0. The molecule has 5 nitrogen and oxygen atoms in total. The van der Waals surface area contributed by atoms with Gasteiger partial charge in [-0.15, -0.1) is 0 Å². The summed E-state index contributed by atoms with van der Waals surface area (Å²) in [5.41, 5.74) is 0.582. The van der Waals surface area contributed by atoms with Crippen molar-refractivity contribution in [3.63, 3.8) is 0 Å². The number of rotatable bonds is 7. The summed E-state index contributed by atoms with van der Waals surface area (Å²) in [6.07, 6.45) is 0. The minimum absolute atomic E-state index is 0.180. The van der Waals surface area contributed by atoms with Gasteiger partial charge in [0.15, 0.2) is 0 Å². The normalized spacial score (nSPS) is 10.4. The molecule has 0 amide bonds. The number of carbonyl (C=O) groups excluding carboxylic acids is 2. The third kappa shape index (κ3) is 6.05. The van der Waals surface area contributed by atoms with Crippen molar-refractivity contribution < 1.29 is 23.8 Å². The highest BCUT2D eigenvalue weighted by atomic mass is 35.5. The van der Waals surface area contributed by atoms with Crippen LogP contribution < -0.4 is 4.74 Å². The van der Waals surface area contributed by atoms with E-state index in [1.54, 1.807) is 0 Å². The summed E-state index contributed by atoms with van der Waals surface area (Å²) in [6, 6.07) is 10.5. The third-order valence-electron chi connectivity index (χ3n) is 3.06. The minimum atomic E-state index is -0.601. The summed E-state index contributed by atoms with van der Waals surface area (Å²) in [4.78, 5) is 23.9. The van der Waals surface area contributed by atoms with Crippen molar-refractivity contribution in [1.82, 2.24) is 0 Å². The van der Waals surface area contributed by atoms with E-state index in [-0.39, 0.29) is 17.9 Å². The molecule has 0 fully saturated rings. The van der Waals surface area contributed by atoms with Gasteiger partial charge in [0.2, 0.25) is 0 Å². The lowest BCUT2D eigenvalue weighted by atomic mass is 10.2. The van der Waals surface area contributed by atoms with E-state index in [0.717, 1.165) is 0 Å². The first-order valence-corrected chi connectivity index (χ1v) is 8.28. The summed E-state index contributed by atoms with van der Waals surface area (Å²) in [5, 5.41) is 0.675. The average molecular weight is 383 g/mol. The van der Waals surface area contributed by atoms with Crippen LogP contribution in [-0.4, -0.2) is 31.8 Å². The van der Waals surface area contributed by atoms with Gasteiger partial charge in [-0.2, -0.15) is 0 Å². The largest absolute Gasteiger partial charge is 0.460 e. The topological polar surface area (TPSA) is 61.8 Å². The fraction of sp³-hybridized carbons (Fsp3) is 0.222. The predicted molar refractivity (Wildman–Crippen MR) is 94.6 cm³/mol. The molecule has 7 heteroatoms. The molecule has 0 unspecified atom stereocenters. The fourth-order valence-electron chi connectivity index (χ4n) is 1.92. The Bertz CT molecular complexity index is 723. The second kappa shape index (κ2) is 9.42. The lowest BCUT2D eigenvalue weighted by molar-refractivity contribution is 0.0335. The Morgan fingerprint density at radius 2 is 1.52 bits per heavy atom. The van der Waals surface area contributed by atoms with Gasteiger partial charge in [0, 0.05) is 16.7 Å². The number of hydrogen-bond donors (Lipinski definition) is 0. The van der Waals surface area contributed by atoms with Crippen LogP contribution in [0, 0.1) is 0 Å². The van der Waals surface area contributed by atoms with Gasteiger partial charge in [-0.05, 0) is 49.4 Å². The van der Waals surface area contributed by atoms with Crippen molar-refractivity contribution in [3.8, 4) is 5.75 Å². The van der Waals surface area contributed by atoms with Crippen LogP contribution in [0.15, 0.2) is 42.5 Å². The molecule has 25 heavy (non-hydrogen) atoms. The van der Waals surface area contributed by atoms with Crippen LogP contribution in [0.1, 0.15) is 27.6 Å². The Morgan fingerprint density at radius 1 is 0.880 bits per heavy atom. The molecule has 0 bridgehead atoms. The first kappa shape index (κ1) is 19.2. The molecule has 132 valence electrons. The van der Waals surface area contributed by atoms with Crippen LogP contribution in [0.5, 0.6) is 5.75 Å². The highest BCUT2D eigenvalue weighted by Crippen LogP contribution is 2.21. The molecule has 0 aliphatic heterocycles. The summed E-state index contributed by atoms with van der Waals surface area (Å²) < 4.78 is 15.4. The van der Waals surface area contributed by atoms with Crippen molar-refractivity contribution in [2.45, 2.75) is 6.92 Å². The van der Waals surface area contributed by atoms with E-state index in [9.17, 15) is 9.59 Å². The van der Waals surface area contributed by atoms with E-state index in [0.29, 0.717) is 28.8 Å². The number of esters is 2. The zero-order valence-electron chi connectivity index (χ0n) is 13.5. The Labute approximate surface area is 155 Å². The van der Waals surface area contributed by atoms with E-state index in [1.165, 1.54) is 42.5 Å². The molecule has 0 heterocycles. The van der Waals surface area contributed by atoms with Crippen molar-refractivity contribution >= 4 is 35.1 Å². The van der Waals surface area contributed by atoms with Gasteiger partial charge in [-0.25, -0.2) is 9.59 Å². The van der Waals surface area contributed by atoms with Gasteiger partial charge in [0.25, 0.3) is 0 Å². The van der Waals surface area contributed by atoms with Gasteiger partial charge < -0.3 is 14.2 Å². The molecule has 0 aliphatic rings. The molecule has 0 radical (unpaired) electrons. The van der Waals surface area contributed by atoms with Crippen LogP contribution in [0.3, 0.4) is 0 Å². The number of benzene rings is 2. The molecular weight excluding hydrogens is 367 g/mol. The standard InChI is InChI=1S/C18H16Cl2O5/c1-2-23-7-8-24-17(21)12-3-5-16(6-4-12)25-18(22)13-9-14(19)11-15(20)10-13/h3-6,9-11H,2,7-8H2,1H3. The van der Waals surface area contributed by atoms with Crippen LogP contribution >= 0.6 is 23.2 Å². The second-order valence-corrected chi connectivity index (χ2v) is 5.78. The number of halogens is 2. The Hall–Kier alpha value is -2.08. The molecule has 2 aromatic carbocycles. The van der Waals surface area contributed by atoms with Crippen LogP contribution in [0.2, 0.25) is 10.0 Å². The van der Waals surface area contributed by atoms with Crippen molar-refractivity contribution in [2.24, 2.45) is 0 Å². The van der Waals surface area contributed by atoms with Crippen LogP contribution in [-0.2, 0) is 9.47 Å². The zero-order valence-corrected chi connectivity index (χ0v) is 15.0. The van der Waals surface area contributed by atoms with Crippen molar-refractivity contribution in [2.75, 3.05) is 19.8 Å². The molecule has 2 aromatic rings. The molecule has 2 rings (SSSR count). The Balaban J connectivity index is 1.95. The maximum absolute atomic E-state index is 12.1. The Kier molecular flexibility index (Phi) is 7.25. The molecule has 0 aromatic heterocycles. The first-order chi connectivity index (χ1) is 12.0. The molecule has 0 saturated carbocycles. The number of carbonyl (C=O) groups is 2. The molecule has 0 aliphatic carbocycles. The van der Waals surface area contributed by atoms with Crippen LogP contribution in [0.4, 0.5) is 0 Å². The predicted octanol–water partition coefficient (Wildman–Crippen LogP) is 4.41. The van der Waals surface area contributed by atoms with Gasteiger partial charge in [-0.1, -0.05) is 23.2 Å². The highest BCUT2D eigenvalue weighted by molar-refractivity contribution is 6.35. The van der Waals surface area contributed by atoms with E-state index in [4.69, 9.17) is 37.4 Å². The van der Waals surface area contributed by atoms with Gasteiger partial charge in [-0.3, -0.25) is 0 Å². The summed E-state index contributed by atoms with van der Waals surface area (Å²) in [6.45, 7) is 2.95. The van der Waals surface area contributed by atoms with E-state index >= 15 is 0 Å². The van der Waals surface area contributed by atoms with Gasteiger partial charge in [0.05, 0.1) is 17.7 Å². The quantitative estimate of drug-likeness (QED) is 0.403. The number of hydrogen-bond acceptors (Lipinski definition) is 5. The lowest BCUT2D eigenvalue weighted by Crippen LogP contribution is -2.11. The SMILES string of the molecule is CCOCCOC(=O)c1ccc(OC(=O)c2cc(Cl)cc(Cl)c2)cc1. The number of ether oxygens (including phenoxy) is 3. The highest BCUT2D eigenvalue weighted by Gasteiger charge is 2.12. The van der Waals surface area contributed by atoms with E-state index < -0.39 is 11.9 Å². The average Bonchev–Trinajstić information content (AvgIpc) is 2.58. The molecule has 0 saturated heterocycles. The van der Waals surface area contributed by atoms with Gasteiger partial charge >= 0.3 is 11.9 Å². The fourth-order valence-corrected chi connectivity index (χ4v) is 2.44. The second-order valence-electron chi connectivity index (χ2n) is 4.90. The zero-order chi connectivity index (χ0) is 18.2. The maximum Gasteiger partial charge on any atom is 0.343 e. The minimum Gasteiger partial charge on any atom is -0.460 e. The third-order valence-corrected chi connectivity index (χ3v) is 3.50. The van der Waals surface area contributed by atoms with Crippen molar-refractivity contribution in [3.05, 3.63) is 63.6 Å². The van der Waals surface area contributed by atoms with Gasteiger partial charge in [0.1, 0.15) is 12.4 Å². The summed E-state index contributed by atoms with van der Waals surface area (Å²) in [5.74, 6) is -0.789. The molecular formula is C18H16Cl2O5. The maximum atomic E-state index is 12.1. The van der Waals surface area contributed by atoms with Crippen molar-refractivity contribution in [1.29, 1.82) is 0 Å². The van der Waals surface area contributed by atoms with Crippen LogP contribution in [0.25, 0.3) is 0 Å². The van der Waals surface area contributed by atoms with E-state index in [1.807, 2.05) is 6.92 Å². The molecule has 0 N–H and O–H groups in total. The molecule has 0 atom stereocenters. The first-order valence-electron chi connectivity index (χ1n) is 7.53. The monoisotopic (exact) mass is 382 g/mol. The smallest absolute Gasteiger partial charge is 0.343 e. The van der Waals surface area contributed by atoms with E-state index in [2.05, 4.69) is 0 Å². The lowest BCUT2D eigenvalue weighted by Gasteiger charge is -2.07. The molecule has 0 spiro atoms. The summed E-state index contributed by atoms with van der Waals surface area (Å²) >= 11 is 11.7. The Morgan fingerprint density at radius 3 is 2.12 bits per heavy atom.